The molecule has 3 heterocycles. The van der Waals surface area contributed by atoms with Crippen molar-refractivity contribution in [3.05, 3.63) is 35.3 Å². The third kappa shape index (κ3) is 4.79. The molecule has 2 saturated heterocycles. The molecule has 0 spiro atoms. The number of carbonyl (C=O) groups excluding carboxylic acids is 1. The molecule has 9 heteroatoms. The Morgan fingerprint density at radius 3 is 2.76 bits per heavy atom. The van der Waals surface area contributed by atoms with Gasteiger partial charge < -0.3 is 9.64 Å². The van der Waals surface area contributed by atoms with Crippen LogP contribution >= 0.6 is 11.3 Å². The summed E-state index contributed by atoms with van der Waals surface area (Å²) in [5.74, 6) is 1.40. The van der Waals surface area contributed by atoms with Crippen LogP contribution < -0.4 is 4.74 Å². The van der Waals surface area contributed by atoms with Crippen molar-refractivity contribution in [2.24, 2.45) is 0 Å². The zero-order valence-electron chi connectivity index (χ0n) is 16.4. The number of thiazole rings is 1. The average Bonchev–Trinajstić information content (AvgIpc) is 3.34. The van der Waals surface area contributed by atoms with Crippen LogP contribution in [-0.2, 0) is 21.1 Å². The monoisotopic (exact) mass is 435 g/mol. The van der Waals surface area contributed by atoms with Crippen LogP contribution in [0.15, 0.2) is 29.6 Å². The Kier molecular flexibility index (Phi) is 5.89. The van der Waals surface area contributed by atoms with Crippen molar-refractivity contribution >= 4 is 27.1 Å². The summed E-state index contributed by atoms with van der Waals surface area (Å²) < 4.78 is 28.7. The van der Waals surface area contributed by atoms with Gasteiger partial charge in [0.2, 0.25) is 5.91 Å². The first kappa shape index (κ1) is 20.3. The van der Waals surface area contributed by atoms with Crippen molar-refractivity contribution in [3.63, 3.8) is 0 Å². The molecule has 2 aliphatic heterocycles. The van der Waals surface area contributed by atoms with Crippen molar-refractivity contribution in [1.29, 1.82) is 0 Å². The summed E-state index contributed by atoms with van der Waals surface area (Å²) in [6.45, 7) is 2.75. The van der Waals surface area contributed by atoms with E-state index in [4.69, 9.17) is 4.74 Å². The Labute approximate surface area is 175 Å². The van der Waals surface area contributed by atoms with E-state index in [2.05, 4.69) is 9.88 Å². The van der Waals surface area contributed by atoms with Gasteiger partial charge in [0, 0.05) is 43.2 Å². The minimum Gasteiger partial charge on any atom is -0.497 e. The van der Waals surface area contributed by atoms with Crippen LogP contribution in [0.2, 0.25) is 0 Å². The largest absolute Gasteiger partial charge is 0.497 e. The van der Waals surface area contributed by atoms with Crippen LogP contribution in [0.1, 0.15) is 12.1 Å². The standard InChI is InChI=1S/C20H25N3O4S2/c1-27-18-4-2-3-15(11-18)20-21-16(13-28-20)12-19(24)23-8-6-22(7-9-23)17-5-10-29(25,26)14-17/h2-4,11,13,17H,5-10,12,14H2,1H3/t17-/m1/s1. The number of benzene rings is 1. The van der Waals surface area contributed by atoms with Crippen LogP contribution in [0.5, 0.6) is 5.75 Å². The molecule has 0 N–H and O–H groups in total. The van der Waals surface area contributed by atoms with Gasteiger partial charge in [-0.1, -0.05) is 12.1 Å². The fourth-order valence-corrected chi connectivity index (χ4v) is 6.52. The smallest absolute Gasteiger partial charge is 0.228 e. The molecule has 7 nitrogen and oxygen atoms in total. The molecule has 2 aliphatic rings. The summed E-state index contributed by atoms with van der Waals surface area (Å²) in [5.41, 5.74) is 1.76. The third-order valence-electron chi connectivity index (χ3n) is 5.59. The second-order valence-electron chi connectivity index (χ2n) is 7.53. The van der Waals surface area contributed by atoms with Gasteiger partial charge in [-0.3, -0.25) is 9.69 Å². The molecule has 2 aromatic rings. The molecule has 0 aliphatic carbocycles. The van der Waals surface area contributed by atoms with Crippen molar-refractivity contribution in [1.82, 2.24) is 14.8 Å². The Morgan fingerprint density at radius 2 is 2.07 bits per heavy atom. The molecule has 1 amide bonds. The molecule has 0 unspecified atom stereocenters. The topological polar surface area (TPSA) is 79.8 Å². The predicted molar refractivity (Wildman–Crippen MR) is 113 cm³/mol. The summed E-state index contributed by atoms with van der Waals surface area (Å²) in [5, 5.41) is 2.81. The number of aromatic nitrogens is 1. The fourth-order valence-electron chi connectivity index (χ4n) is 3.94. The van der Waals surface area contributed by atoms with E-state index in [-0.39, 0.29) is 29.9 Å². The zero-order valence-corrected chi connectivity index (χ0v) is 18.0. The maximum atomic E-state index is 12.7. The summed E-state index contributed by atoms with van der Waals surface area (Å²) in [4.78, 5) is 21.4. The van der Waals surface area contributed by atoms with Gasteiger partial charge in [-0.15, -0.1) is 11.3 Å². The molecule has 1 aromatic carbocycles. The van der Waals surface area contributed by atoms with Crippen LogP contribution in [0.25, 0.3) is 10.6 Å². The first-order chi connectivity index (χ1) is 13.9. The van der Waals surface area contributed by atoms with Gasteiger partial charge in [0.05, 0.1) is 30.7 Å². The van der Waals surface area contributed by atoms with E-state index < -0.39 is 9.84 Å². The maximum absolute atomic E-state index is 12.7. The highest BCUT2D eigenvalue weighted by molar-refractivity contribution is 7.91. The van der Waals surface area contributed by atoms with E-state index in [1.165, 1.54) is 11.3 Å². The van der Waals surface area contributed by atoms with Crippen molar-refractivity contribution in [2.75, 3.05) is 44.8 Å². The number of ether oxygens (including phenoxy) is 1. The Hall–Kier alpha value is -1.97. The van der Waals surface area contributed by atoms with Crippen molar-refractivity contribution in [3.8, 4) is 16.3 Å². The molecule has 1 aromatic heterocycles. The molecular weight excluding hydrogens is 410 g/mol. The number of rotatable bonds is 5. The highest BCUT2D eigenvalue weighted by atomic mass is 32.2. The third-order valence-corrected chi connectivity index (χ3v) is 8.28. The maximum Gasteiger partial charge on any atom is 0.228 e. The first-order valence-corrected chi connectivity index (χ1v) is 12.4. The molecule has 0 radical (unpaired) electrons. The SMILES string of the molecule is COc1cccc(-c2nc(CC(=O)N3CCN([C@@H]4CCS(=O)(=O)C4)CC3)cs2)c1. The van der Waals surface area contributed by atoms with Crippen molar-refractivity contribution < 1.29 is 17.9 Å². The molecule has 0 saturated carbocycles. The summed E-state index contributed by atoms with van der Waals surface area (Å²) in [7, 11) is -1.24. The van der Waals surface area contributed by atoms with Gasteiger partial charge in [-0.05, 0) is 18.6 Å². The van der Waals surface area contributed by atoms with Gasteiger partial charge in [0.25, 0.3) is 0 Å². The summed E-state index contributed by atoms with van der Waals surface area (Å²) in [6.07, 6.45) is 1.00. The zero-order chi connectivity index (χ0) is 20.4. The van der Waals surface area contributed by atoms with Gasteiger partial charge >= 0.3 is 0 Å². The Balaban J connectivity index is 1.32. The summed E-state index contributed by atoms with van der Waals surface area (Å²) in [6, 6.07) is 7.85. The molecule has 0 bridgehead atoms. The first-order valence-electron chi connectivity index (χ1n) is 9.74. The fraction of sp³-hybridized carbons (Fsp3) is 0.500. The van der Waals surface area contributed by atoms with E-state index in [9.17, 15) is 13.2 Å². The van der Waals surface area contributed by atoms with Crippen LogP contribution in [0.4, 0.5) is 0 Å². The van der Waals surface area contributed by atoms with Crippen LogP contribution in [-0.4, -0.2) is 79.9 Å². The molecule has 29 heavy (non-hydrogen) atoms. The molecule has 2 fully saturated rings. The van der Waals surface area contributed by atoms with E-state index >= 15 is 0 Å². The Morgan fingerprint density at radius 1 is 1.28 bits per heavy atom. The molecular formula is C20H25N3O4S2. The second kappa shape index (κ2) is 8.41. The average molecular weight is 436 g/mol. The predicted octanol–water partition coefficient (Wildman–Crippen LogP) is 1.69. The van der Waals surface area contributed by atoms with Gasteiger partial charge in [-0.2, -0.15) is 0 Å². The van der Waals surface area contributed by atoms with Crippen LogP contribution in [0.3, 0.4) is 0 Å². The lowest BCUT2D eigenvalue weighted by Crippen LogP contribution is -2.52. The number of hydrogen-bond donors (Lipinski definition) is 0. The Bertz CT molecular complexity index is 981. The highest BCUT2D eigenvalue weighted by Gasteiger charge is 2.34. The molecule has 1 atom stereocenters. The van der Waals surface area contributed by atoms with E-state index in [1.54, 1.807) is 7.11 Å². The molecule has 156 valence electrons. The van der Waals surface area contributed by atoms with E-state index in [0.29, 0.717) is 19.5 Å². The number of nitrogens with zero attached hydrogens (tertiary/aromatic N) is 3. The summed E-state index contributed by atoms with van der Waals surface area (Å²) >= 11 is 1.52. The lowest BCUT2D eigenvalue weighted by Gasteiger charge is -2.37. The number of carbonyl (C=O) groups is 1. The minimum absolute atomic E-state index is 0.0752. The normalized spacial score (nSPS) is 22.0. The number of piperazine rings is 1. The van der Waals surface area contributed by atoms with Crippen molar-refractivity contribution in [2.45, 2.75) is 18.9 Å². The number of amides is 1. The molecule has 4 rings (SSSR count). The lowest BCUT2D eigenvalue weighted by molar-refractivity contribution is -0.132. The number of sulfone groups is 1. The quantitative estimate of drug-likeness (QED) is 0.711. The minimum atomic E-state index is -2.88. The van der Waals surface area contributed by atoms with Crippen LogP contribution in [0, 0.1) is 0 Å². The number of methoxy groups -OCH3 is 1. The van der Waals surface area contributed by atoms with Gasteiger partial charge in [0.1, 0.15) is 10.8 Å². The lowest BCUT2D eigenvalue weighted by atomic mass is 10.2. The van der Waals surface area contributed by atoms with E-state index in [1.807, 2.05) is 34.5 Å². The number of hydrogen-bond acceptors (Lipinski definition) is 7. The second-order valence-corrected chi connectivity index (χ2v) is 10.6. The highest BCUT2D eigenvalue weighted by Crippen LogP contribution is 2.27. The van der Waals surface area contributed by atoms with Gasteiger partial charge in [-0.25, -0.2) is 13.4 Å². The van der Waals surface area contributed by atoms with Gasteiger partial charge in [0.15, 0.2) is 9.84 Å². The van der Waals surface area contributed by atoms with E-state index in [0.717, 1.165) is 35.1 Å².